The van der Waals surface area contributed by atoms with E-state index in [-0.39, 0.29) is 12.5 Å². The molecule has 1 amide bonds. The fourth-order valence-corrected chi connectivity index (χ4v) is 4.37. The van der Waals surface area contributed by atoms with Crippen LogP contribution in [0.1, 0.15) is 11.1 Å². The topological polar surface area (TPSA) is 51.7 Å². The number of thiazole rings is 1. The Hall–Kier alpha value is -3.38. The molecule has 4 rings (SSSR count). The van der Waals surface area contributed by atoms with Gasteiger partial charge in [-0.3, -0.25) is 9.69 Å². The third kappa shape index (κ3) is 3.86. The van der Waals surface area contributed by atoms with E-state index in [1.807, 2.05) is 68.4 Å². The maximum Gasteiger partial charge on any atom is 0.271 e. The molecule has 5 nitrogen and oxygen atoms in total. The van der Waals surface area contributed by atoms with Gasteiger partial charge in [-0.15, -0.1) is 0 Å². The summed E-state index contributed by atoms with van der Waals surface area (Å²) >= 11 is 1.49. The van der Waals surface area contributed by atoms with Crippen molar-refractivity contribution in [2.45, 2.75) is 13.8 Å². The Morgan fingerprint density at radius 3 is 2.30 bits per heavy atom. The van der Waals surface area contributed by atoms with Crippen LogP contribution in [0.25, 0.3) is 10.2 Å². The maximum atomic E-state index is 13.4. The number of fused-ring (bicyclic) bond motifs is 1. The molecule has 152 valence electrons. The van der Waals surface area contributed by atoms with Crippen molar-refractivity contribution in [3.05, 3.63) is 77.9 Å². The van der Waals surface area contributed by atoms with Gasteiger partial charge in [0.05, 0.1) is 23.0 Å². The van der Waals surface area contributed by atoms with Crippen LogP contribution in [0.15, 0.2) is 66.7 Å². The molecule has 0 saturated heterocycles. The van der Waals surface area contributed by atoms with Gasteiger partial charge in [0.25, 0.3) is 5.91 Å². The highest BCUT2D eigenvalue weighted by Crippen LogP contribution is 2.37. The predicted molar refractivity (Wildman–Crippen MR) is 121 cm³/mol. The molecule has 30 heavy (non-hydrogen) atoms. The molecule has 1 aromatic heterocycles. The molecule has 0 aliphatic rings. The van der Waals surface area contributed by atoms with Gasteiger partial charge in [-0.05, 0) is 49.2 Å². The first-order chi connectivity index (χ1) is 14.6. The number of aromatic nitrogens is 1. The van der Waals surface area contributed by atoms with Gasteiger partial charge in [-0.2, -0.15) is 0 Å². The lowest BCUT2D eigenvalue weighted by atomic mass is 10.1. The lowest BCUT2D eigenvalue weighted by molar-refractivity contribution is -0.119. The summed E-state index contributed by atoms with van der Waals surface area (Å²) in [6.45, 7) is 3.86. The fraction of sp³-hybridized carbons (Fsp3) is 0.167. The standard InChI is InChI=1S/C24H22N2O3S/c1-16-9-8-10-17(2)23(16)26(24-25-18-11-4-7-14-21(18)30-24)22(27)15-29-20-13-6-5-12-19(20)28-3/h4-14H,15H2,1-3H3. The summed E-state index contributed by atoms with van der Waals surface area (Å²) in [4.78, 5) is 19.8. The molecule has 0 bridgehead atoms. The zero-order valence-electron chi connectivity index (χ0n) is 17.1. The number of methoxy groups -OCH3 is 1. The first-order valence-corrected chi connectivity index (χ1v) is 10.4. The van der Waals surface area contributed by atoms with E-state index >= 15 is 0 Å². The monoisotopic (exact) mass is 418 g/mol. The molecule has 4 aromatic rings. The van der Waals surface area contributed by atoms with Crippen molar-refractivity contribution in [3.63, 3.8) is 0 Å². The minimum atomic E-state index is -0.197. The normalized spacial score (nSPS) is 10.8. The Labute approximate surface area is 179 Å². The molecule has 0 fully saturated rings. The van der Waals surface area contributed by atoms with Crippen molar-refractivity contribution >= 4 is 38.3 Å². The van der Waals surface area contributed by atoms with Crippen molar-refractivity contribution in [1.29, 1.82) is 0 Å². The highest BCUT2D eigenvalue weighted by Gasteiger charge is 2.25. The van der Waals surface area contributed by atoms with E-state index < -0.39 is 0 Å². The molecule has 0 atom stereocenters. The Balaban J connectivity index is 1.72. The molecule has 3 aromatic carbocycles. The second-order valence-corrected chi connectivity index (χ2v) is 7.88. The van der Waals surface area contributed by atoms with Crippen LogP contribution in [0.2, 0.25) is 0 Å². The van der Waals surface area contributed by atoms with E-state index in [0.717, 1.165) is 27.0 Å². The summed E-state index contributed by atoms with van der Waals surface area (Å²) < 4.78 is 12.2. The smallest absolute Gasteiger partial charge is 0.271 e. The largest absolute Gasteiger partial charge is 0.493 e. The second kappa shape index (κ2) is 8.55. The summed E-state index contributed by atoms with van der Waals surface area (Å²) in [7, 11) is 1.58. The number of amides is 1. The Bertz CT molecular complexity index is 1150. The molecular formula is C24H22N2O3S. The second-order valence-electron chi connectivity index (χ2n) is 6.87. The van der Waals surface area contributed by atoms with Gasteiger partial charge in [0.15, 0.2) is 23.2 Å². The van der Waals surface area contributed by atoms with Crippen molar-refractivity contribution in [2.75, 3.05) is 18.6 Å². The van der Waals surface area contributed by atoms with Gasteiger partial charge in [0.1, 0.15) is 0 Å². The number of nitrogens with zero attached hydrogens (tertiary/aromatic N) is 2. The fourth-order valence-electron chi connectivity index (χ4n) is 3.38. The molecule has 0 N–H and O–H groups in total. The molecule has 0 aliphatic carbocycles. The number of para-hydroxylation sites is 4. The lowest BCUT2D eigenvalue weighted by Crippen LogP contribution is -2.32. The first-order valence-electron chi connectivity index (χ1n) is 9.59. The van der Waals surface area contributed by atoms with Crippen molar-refractivity contribution in [1.82, 2.24) is 4.98 Å². The number of rotatable bonds is 6. The van der Waals surface area contributed by atoms with E-state index in [9.17, 15) is 4.79 Å². The van der Waals surface area contributed by atoms with Crippen molar-refractivity contribution in [2.24, 2.45) is 0 Å². The summed E-state index contributed by atoms with van der Waals surface area (Å²) in [5.74, 6) is 0.917. The van der Waals surface area contributed by atoms with Crippen LogP contribution in [0.5, 0.6) is 11.5 Å². The Morgan fingerprint density at radius 1 is 0.933 bits per heavy atom. The minimum Gasteiger partial charge on any atom is -0.493 e. The number of aryl methyl sites for hydroxylation is 2. The van der Waals surface area contributed by atoms with Crippen LogP contribution in [-0.2, 0) is 4.79 Å². The number of benzene rings is 3. The van der Waals surface area contributed by atoms with Gasteiger partial charge in [0.2, 0.25) is 0 Å². The van der Waals surface area contributed by atoms with E-state index in [1.54, 1.807) is 24.1 Å². The molecular weight excluding hydrogens is 396 g/mol. The van der Waals surface area contributed by atoms with Crippen molar-refractivity contribution in [3.8, 4) is 11.5 Å². The number of ether oxygens (including phenoxy) is 2. The molecule has 0 radical (unpaired) electrons. The van der Waals surface area contributed by atoms with Gasteiger partial charge >= 0.3 is 0 Å². The molecule has 0 aliphatic heterocycles. The average molecular weight is 419 g/mol. The van der Waals surface area contributed by atoms with Crippen LogP contribution >= 0.6 is 11.3 Å². The first kappa shape index (κ1) is 19.9. The van der Waals surface area contributed by atoms with Crippen LogP contribution in [0.4, 0.5) is 10.8 Å². The van der Waals surface area contributed by atoms with E-state index in [4.69, 9.17) is 14.5 Å². The number of carbonyl (C=O) groups excluding carboxylic acids is 1. The van der Waals surface area contributed by atoms with Gasteiger partial charge in [0, 0.05) is 0 Å². The van der Waals surface area contributed by atoms with Crippen LogP contribution in [0.3, 0.4) is 0 Å². The molecule has 0 saturated carbocycles. The van der Waals surface area contributed by atoms with Gasteiger partial charge in [-0.1, -0.05) is 53.8 Å². The Morgan fingerprint density at radius 2 is 1.60 bits per heavy atom. The lowest BCUT2D eigenvalue weighted by Gasteiger charge is -2.24. The highest BCUT2D eigenvalue weighted by atomic mass is 32.1. The quantitative estimate of drug-likeness (QED) is 0.405. The van der Waals surface area contributed by atoms with Crippen LogP contribution in [0, 0.1) is 13.8 Å². The molecule has 0 spiro atoms. The number of hydrogen-bond donors (Lipinski definition) is 0. The maximum absolute atomic E-state index is 13.4. The average Bonchev–Trinajstić information content (AvgIpc) is 3.18. The predicted octanol–water partition coefficient (Wildman–Crippen LogP) is 5.67. The molecule has 0 unspecified atom stereocenters. The van der Waals surface area contributed by atoms with E-state index in [1.165, 1.54) is 11.3 Å². The van der Waals surface area contributed by atoms with Crippen LogP contribution < -0.4 is 14.4 Å². The van der Waals surface area contributed by atoms with Gasteiger partial charge < -0.3 is 9.47 Å². The highest BCUT2D eigenvalue weighted by molar-refractivity contribution is 7.22. The molecule has 6 heteroatoms. The summed E-state index contributed by atoms with van der Waals surface area (Å²) in [5.41, 5.74) is 3.71. The summed E-state index contributed by atoms with van der Waals surface area (Å²) in [5, 5.41) is 0.627. The van der Waals surface area contributed by atoms with E-state index in [0.29, 0.717) is 16.6 Å². The summed E-state index contributed by atoms with van der Waals surface area (Å²) in [6.07, 6.45) is 0. The number of hydrogen-bond acceptors (Lipinski definition) is 5. The Kier molecular flexibility index (Phi) is 5.68. The third-order valence-electron chi connectivity index (χ3n) is 4.81. The van der Waals surface area contributed by atoms with E-state index in [2.05, 4.69) is 0 Å². The minimum absolute atomic E-state index is 0.135. The third-order valence-corrected chi connectivity index (χ3v) is 5.83. The summed E-state index contributed by atoms with van der Waals surface area (Å²) in [6, 6.07) is 21.2. The number of anilines is 2. The van der Waals surface area contributed by atoms with Crippen LogP contribution in [-0.4, -0.2) is 24.6 Å². The zero-order valence-corrected chi connectivity index (χ0v) is 17.9. The number of carbonyl (C=O) groups is 1. The zero-order chi connectivity index (χ0) is 21.1. The molecule has 1 heterocycles. The van der Waals surface area contributed by atoms with Crippen molar-refractivity contribution < 1.29 is 14.3 Å². The SMILES string of the molecule is COc1ccccc1OCC(=O)N(c1nc2ccccc2s1)c1c(C)cccc1C. The van der Waals surface area contributed by atoms with Gasteiger partial charge in [-0.25, -0.2) is 4.98 Å².